The number of esters is 1. The van der Waals surface area contributed by atoms with Gasteiger partial charge in [0.15, 0.2) is 0 Å². The Labute approximate surface area is 464 Å². The predicted molar refractivity (Wildman–Crippen MR) is 324 cm³/mol. The molecule has 6 nitrogen and oxygen atoms in total. The third kappa shape index (κ3) is 60.1. The van der Waals surface area contributed by atoms with E-state index >= 15 is 0 Å². The highest BCUT2D eigenvalue weighted by Crippen LogP contribution is 2.19. The average Bonchev–Trinajstić information content (AvgIpc) is 3.40. The first-order chi connectivity index (χ1) is 36.5. The van der Waals surface area contributed by atoms with Gasteiger partial charge in [0, 0.05) is 12.8 Å². The van der Waals surface area contributed by atoms with Gasteiger partial charge >= 0.3 is 5.97 Å². The van der Waals surface area contributed by atoms with Gasteiger partial charge in [-0.2, -0.15) is 0 Å². The molecule has 0 radical (unpaired) electrons. The number of amides is 1. The second-order valence-electron chi connectivity index (χ2n) is 23.9. The van der Waals surface area contributed by atoms with Crippen LogP contribution in [0.15, 0.2) is 0 Å². The second-order valence-corrected chi connectivity index (χ2v) is 23.9. The van der Waals surface area contributed by atoms with E-state index in [1.807, 2.05) is 0 Å². The van der Waals surface area contributed by atoms with Crippen LogP contribution in [0.25, 0.3) is 0 Å². The molecule has 0 spiro atoms. The largest absolute Gasteiger partial charge is 0.466 e. The van der Waals surface area contributed by atoms with Gasteiger partial charge in [-0.25, -0.2) is 0 Å². The van der Waals surface area contributed by atoms with E-state index in [-0.39, 0.29) is 18.5 Å². The molecule has 2 unspecified atom stereocenters. The van der Waals surface area contributed by atoms with Crippen molar-refractivity contribution in [1.29, 1.82) is 0 Å². The summed E-state index contributed by atoms with van der Waals surface area (Å²) in [5, 5.41) is 23.2. The summed E-state index contributed by atoms with van der Waals surface area (Å²) in [4.78, 5) is 24.6. The van der Waals surface area contributed by atoms with Gasteiger partial charge in [0.25, 0.3) is 0 Å². The number of aliphatic hydroxyl groups excluding tert-OH is 2. The third-order valence-corrected chi connectivity index (χ3v) is 16.4. The van der Waals surface area contributed by atoms with Gasteiger partial charge in [0.2, 0.25) is 5.91 Å². The van der Waals surface area contributed by atoms with Crippen LogP contribution in [0.1, 0.15) is 399 Å². The summed E-state index contributed by atoms with van der Waals surface area (Å²) in [6, 6.07) is -0.536. The summed E-state index contributed by atoms with van der Waals surface area (Å²) in [5.74, 6) is -0.00539. The molecule has 0 aromatic rings. The number of hydrogen-bond donors (Lipinski definition) is 3. The molecule has 6 heteroatoms. The standard InChI is InChI=1S/C68H135NO5/c1-3-5-7-9-11-13-15-16-17-31-35-38-42-46-50-54-58-62-68(73)74-63-59-55-51-47-43-39-36-33-30-28-26-24-22-20-18-19-21-23-25-27-29-32-34-37-41-45-49-53-57-61-67(72)69-65(64-70)66(71)60-56-52-48-44-40-14-12-10-8-6-4-2/h65-66,70-71H,3-64H2,1-2H3,(H,69,72). The summed E-state index contributed by atoms with van der Waals surface area (Å²) in [5.41, 5.74) is 0. The van der Waals surface area contributed by atoms with Crippen LogP contribution < -0.4 is 5.32 Å². The molecule has 0 heterocycles. The monoisotopic (exact) mass is 1050 g/mol. The first-order valence-electron chi connectivity index (χ1n) is 34.3. The number of unbranched alkanes of at least 4 members (excludes halogenated alkanes) is 54. The van der Waals surface area contributed by atoms with Crippen molar-refractivity contribution >= 4 is 11.9 Å². The normalized spacial score (nSPS) is 12.4. The van der Waals surface area contributed by atoms with Crippen LogP contribution in [0, 0.1) is 0 Å². The average molecular weight is 1050 g/mol. The molecule has 0 aromatic carbocycles. The van der Waals surface area contributed by atoms with Crippen LogP contribution in [0.3, 0.4) is 0 Å². The number of nitrogens with one attached hydrogen (secondary N) is 1. The molecular weight excluding hydrogens is 911 g/mol. The van der Waals surface area contributed by atoms with Crippen LogP contribution in [0.5, 0.6) is 0 Å². The number of rotatable bonds is 65. The Morgan fingerprint density at radius 2 is 0.554 bits per heavy atom. The summed E-state index contributed by atoms with van der Waals surface area (Å²) in [6.07, 6.45) is 77.3. The van der Waals surface area contributed by atoms with E-state index < -0.39 is 12.1 Å². The molecule has 0 saturated carbocycles. The molecule has 0 rings (SSSR count). The fraction of sp³-hybridized carbons (Fsp3) is 0.971. The van der Waals surface area contributed by atoms with Gasteiger partial charge in [-0.05, 0) is 25.7 Å². The van der Waals surface area contributed by atoms with Crippen molar-refractivity contribution in [1.82, 2.24) is 5.32 Å². The lowest BCUT2D eigenvalue weighted by molar-refractivity contribution is -0.143. The van der Waals surface area contributed by atoms with E-state index in [9.17, 15) is 19.8 Å². The minimum absolute atomic E-state index is 0.0245. The smallest absolute Gasteiger partial charge is 0.305 e. The highest BCUT2D eigenvalue weighted by Gasteiger charge is 2.20. The Kier molecular flexibility index (Phi) is 63.4. The van der Waals surface area contributed by atoms with Crippen molar-refractivity contribution in [3.05, 3.63) is 0 Å². The number of aliphatic hydroxyl groups is 2. The number of ether oxygens (including phenoxy) is 1. The summed E-state index contributed by atoms with van der Waals surface area (Å²) in [6.45, 7) is 4.99. The van der Waals surface area contributed by atoms with Crippen molar-refractivity contribution < 1.29 is 24.5 Å². The zero-order valence-electron chi connectivity index (χ0n) is 50.6. The van der Waals surface area contributed by atoms with Crippen molar-refractivity contribution in [3.63, 3.8) is 0 Å². The highest BCUT2D eigenvalue weighted by atomic mass is 16.5. The van der Waals surface area contributed by atoms with E-state index in [0.717, 1.165) is 38.5 Å². The number of carbonyl (C=O) groups is 2. The Morgan fingerprint density at radius 3 is 0.824 bits per heavy atom. The summed E-state index contributed by atoms with van der Waals surface area (Å²) >= 11 is 0. The SMILES string of the molecule is CCCCCCCCCCCCCCCCCCCC(=O)OCCCCCCCCCCCCCCCCCCCCCCCCCCCCCCCC(=O)NC(CO)C(O)CCCCCCCCCCCCC. The topological polar surface area (TPSA) is 95.9 Å². The van der Waals surface area contributed by atoms with Gasteiger partial charge in [-0.1, -0.05) is 361 Å². The minimum Gasteiger partial charge on any atom is -0.466 e. The Morgan fingerprint density at radius 1 is 0.324 bits per heavy atom. The quantitative estimate of drug-likeness (QED) is 0.0417. The van der Waals surface area contributed by atoms with Crippen molar-refractivity contribution in [2.24, 2.45) is 0 Å². The number of hydrogen-bond acceptors (Lipinski definition) is 5. The molecular formula is C68H135NO5. The summed E-state index contributed by atoms with van der Waals surface area (Å²) in [7, 11) is 0. The van der Waals surface area contributed by atoms with Crippen LogP contribution in [-0.4, -0.2) is 47.4 Å². The van der Waals surface area contributed by atoms with Crippen LogP contribution in [-0.2, 0) is 14.3 Å². The molecule has 0 fully saturated rings. The lowest BCUT2D eigenvalue weighted by Gasteiger charge is -2.22. The Bertz CT molecular complexity index is 1070. The van der Waals surface area contributed by atoms with Gasteiger partial charge in [-0.3, -0.25) is 9.59 Å². The van der Waals surface area contributed by atoms with Crippen LogP contribution in [0.2, 0.25) is 0 Å². The second kappa shape index (κ2) is 64.4. The molecule has 3 N–H and O–H groups in total. The summed E-state index contributed by atoms with van der Waals surface area (Å²) < 4.78 is 5.51. The maximum Gasteiger partial charge on any atom is 0.305 e. The molecule has 0 aliphatic rings. The maximum atomic E-state index is 12.5. The molecule has 2 atom stereocenters. The lowest BCUT2D eigenvalue weighted by Crippen LogP contribution is -2.45. The van der Waals surface area contributed by atoms with Gasteiger partial charge < -0.3 is 20.3 Å². The van der Waals surface area contributed by atoms with Gasteiger partial charge in [0.1, 0.15) is 0 Å². The van der Waals surface area contributed by atoms with E-state index in [0.29, 0.717) is 25.9 Å². The van der Waals surface area contributed by atoms with Crippen LogP contribution in [0.4, 0.5) is 0 Å². The zero-order valence-corrected chi connectivity index (χ0v) is 50.6. The molecule has 0 aliphatic heterocycles. The number of carbonyl (C=O) groups excluding carboxylic acids is 2. The molecule has 0 saturated heterocycles. The Balaban J connectivity index is 3.29. The molecule has 0 bridgehead atoms. The molecule has 0 aliphatic carbocycles. The zero-order chi connectivity index (χ0) is 53.6. The van der Waals surface area contributed by atoms with E-state index in [2.05, 4.69) is 19.2 Å². The predicted octanol–water partition coefficient (Wildman–Crippen LogP) is 21.8. The molecule has 0 aromatic heterocycles. The maximum absolute atomic E-state index is 12.5. The fourth-order valence-corrected chi connectivity index (χ4v) is 11.2. The van der Waals surface area contributed by atoms with E-state index in [4.69, 9.17) is 4.74 Å². The third-order valence-electron chi connectivity index (χ3n) is 16.4. The van der Waals surface area contributed by atoms with Crippen molar-refractivity contribution in [2.45, 2.75) is 411 Å². The first-order valence-corrected chi connectivity index (χ1v) is 34.3. The molecule has 442 valence electrons. The van der Waals surface area contributed by atoms with Gasteiger partial charge in [-0.15, -0.1) is 0 Å². The fourth-order valence-electron chi connectivity index (χ4n) is 11.2. The van der Waals surface area contributed by atoms with Crippen LogP contribution >= 0.6 is 0 Å². The molecule has 74 heavy (non-hydrogen) atoms. The Hall–Kier alpha value is -1.14. The van der Waals surface area contributed by atoms with Crippen molar-refractivity contribution in [3.8, 4) is 0 Å². The minimum atomic E-state index is -0.659. The van der Waals surface area contributed by atoms with Gasteiger partial charge in [0.05, 0.1) is 25.4 Å². The van der Waals surface area contributed by atoms with E-state index in [1.54, 1.807) is 0 Å². The lowest BCUT2D eigenvalue weighted by atomic mass is 10.0. The first kappa shape index (κ1) is 72.9. The van der Waals surface area contributed by atoms with Crippen molar-refractivity contribution in [2.75, 3.05) is 13.2 Å². The van der Waals surface area contributed by atoms with E-state index in [1.165, 1.54) is 327 Å². The molecule has 1 amide bonds. The highest BCUT2D eigenvalue weighted by molar-refractivity contribution is 5.76.